The maximum atomic E-state index is 12.4. The van der Waals surface area contributed by atoms with Gasteiger partial charge in [0.2, 0.25) is 5.91 Å². The zero-order valence-corrected chi connectivity index (χ0v) is 12.7. The number of nitrogens with one attached hydrogen (secondary N) is 2. The van der Waals surface area contributed by atoms with E-state index in [1.807, 2.05) is 31.4 Å². The van der Waals surface area contributed by atoms with Gasteiger partial charge in [0.05, 0.1) is 0 Å². The molecule has 1 saturated heterocycles. The van der Waals surface area contributed by atoms with Gasteiger partial charge in [-0.3, -0.25) is 9.59 Å². The topological polar surface area (TPSA) is 58.2 Å². The second-order valence-electron chi connectivity index (χ2n) is 4.99. The van der Waals surface area contributed by atoms with E-state index < -0.39 is 6.04 Å². The highest BCUT2D eigenvalue weighted by Crippen LogP contribution is 2.19. The number of benzene rings is 1. The van der Waals surface area contributed by atoms with E-state index in [1.54, 1.807) is 11.8 Å². The molecular formula is C15H20N2O2S. The predicted octanol–water partition coefficient (Wildman–Crippen LogP) is 2.12. The van der Waals surface area contributed by atoms with Crippen molar-refractivity contribution in [1.29, 1.82) is 0 Å². The SMILES string of the molecule is CSc1ccc(C)c(C(=O)N[C@@H]2CCCCNC2=O)c1. The highest BCUT2D eigenvalue weighted by atomic mass is 32.2. The maximum absolute atomic E-state index is 12.4. The van der Waals surface area contributed by atoms with Gasteiger partial charge in [0.15, 0.2) is 0 Å². The summed E-state index contributed by atoms with van der Waals surface area (Å²) in [4.78, 5) is 25.3. The van der Waals surface area contributed by atoms with Crippen LogP contribution in [-0.4, -0.2) is 30.7 Å². The van der Waals surface area contributed by atoms with Crippen molar-refractivity contribution in [2.75, 3.05) is 12.8 Å². The molecular weight excluding hydrogens is 272 g/mol. The van der Waals surface area contributed by atoms with Gasteiger partial charge < -0.3 is 10.6 Å². The van der Waals surface area contributed by atoms with Crippen LogP contribution in [0.3, 0.4) is 0 Å². The lowest BCUT2D eigenvalue weighted by Crippen LogP contribution is -2.45. The Morgan fingerprint density at radius 3 is 2.95 bits per heavy atom. The van der Waals surface area contributed by atoms with Gasteiger partial charge in [-0.2, -0.15) is 0 Å². The third kappa shape index (κ3) is 3.54. The van der Waals surface area contributed by atoms with Crippen LogP contribution >= 0.6 is 11.8 Å². The van der Waals surface area contributed by atoms with E-state index in [-0.39, 0.29) is 11.8 Å². The Bertz CT molecular complexity index is 517. The molecule has 0 spiro atoms. The second-order valence-corrected chi connectivity index (χ2v) is 5.87. The van der Waals surface area contributed by atoms with E-state index >= 15 is 0 Å². The Balaban J connectivity index is 2.12. The van der Waals surface area contributed by atoms with Crippen LogP contribution in [0.5, 0.6) is 0 Å². The van der Waals surface area contributed by atoms with E-state index in [0.29, 0.717) is 18.5 Å². The van der Waals surface area contributed by atoms with Gasteiger partial charge in [-0.15, -0.1) is 11.8 Å². The largest absolute Gasteiger partial charge is 0.354 e. The Hall–Kier alpha value is -1.49. The van der Waals surface area contributed by atoms with Crippen molar-refractivity contribution in [3.05, 3.63) is 29.3 Å². The summed E-state index contributed by atoms with van der Waals surface area (Å²) in [7, 11) is 0. The molecule has 1 aromatic carbocycles. The van der Waals surface area contributed by atoms with E-state index in [0.717, 1.165) is 23.3 Å². The lowest BCUT2D eigenvalue weighted by Gasteiger charge is -2.16. The van der Waals surface area contributed by atoms with Crippen molar-refractivity contribution >= 4 is 23.6 Å². The van der Waals surface area contributed by atoms with Crippen LogP contribution in [0, 0.1) is 6.92 Å². The van der Waals surface area contributed by atoms with Crippen LogP contribution in [0.25, 0.3) is 0 Å². The molecule has 1 aromatic rings. The predicted molar refractivity (Wildman–Crippen MR) is 81.1 cm³/mol. The molecule has 1 heterocycles. The third-order valence-electron chi connectivity index (χ3n) is 3.53. The summed E-state index contributed by atoms with van der Waals surface area (Å²) in [6, 6.07) is 5.40. The fraction of sp³-hybridized carbons (Fsp3) is 0.467. The average molecular weight is 292 g/mol. The van der Waals surface area contributed by atoms with Crippen molar-refractivity contribution in [1.82, 2.24) is 10.6 Å². The highest BCUT2D eigenvalue weighted by molar-refractivity contribution is 7.98. The molecule has 4 nitrogen and oxygen atoms in total. The first-order valence-corrected chi connectivity index (χ1v) is 8.07. The molecule has 0 aliphatic carbocycles. The highest BCUT2D eigenvalue weighted by Gasteiger charge is 2.23. The van der Waals surface area contributed by atoms with Crippen molar-refractivity contribution < 1.29 is 9.59 Å². The lowest BCUT2D eigenvalue weighted by atomic mass is 10.1. The standard InChI is InChI=1S/C15H20N2O2S/c1-10-6-7-11(20-2)9-12(10)14(18)17-13-5-3-4-8-16-15(13)19/h6-7,9,13H,3-5,8H2,1-2H3,(H,16,19)(H,17,18)/t13-/m1/s1. The Morgan fingerprint density at radius 1 is 1.40 bits per heavy atom. The summed E-state index contributed by atoms with van der Waals surface area (Å²) in [5.41, 5.74) is 1.57. The molecule has 2 N–H and O–H groups in total. The first-order valence-electron chi connectivity index (χ1n) is 6.85. The van der Waals surface area contributed by atoms with Crippen LogP contribution in [0.2, 0.25) is 0 Å². The normalized spacial score (nSPS) is 19.1. The minimum absolute atomic E-state index is 0.0745. The molecule has 0 saturated carbocycles. The molecule has 0 unspecified atom stereocenters. The summed E-state index contributed by atoms with van der Waals surface area (Å²) in [5.74, 6) is -0.241. The molecule has 0 aromatic heterocycles. The molecule has 1 aliphatic rings. The van der Waals surface area contributed by atoms with Crippen molar-refractivity contribution in [3.63, 3.8) is 0 Å². The molecule has 2 amide bonds. The molecule has 1 fully saturated rings. The number of carbonyl (C=O) groups excluding carboxylic acids is 2. The molecule has 108 valence electrons. The van der Waals surface area contributed by atoms with Crippen LogP contribution in [-0.2, 0) is 4.79 Å². The van der Waals surface area contributed by atoms with Gasteiger partial charge in [-0.05, 0) is 50.1 Å². The number of aryl methyl sites for hydroxylation is 1. The minimum Gasteiger partial charge on any atom is -0.354 e. The van der Waals surface area contributed by atoms with Crippen molar-refractivity contribution in [2.24, 2.45) is 0 Å². The van der Waals surface area contributed by atoms with Crippen LogP contribution in [0.4, 0.5) is 0 Å². The zero-order chi connectivity index (χ0) is 14.5. The first kappa shape index (κ1) is 14.9. The number of carbonyl (C=O) groups is 2. The molecule has 2 rings (SSSR count). The van der Waals surface area contributed by atoms with E-state index in [1.165, 1.54) is 0 Å². The lowest BCUT2D eigenvalue weighted by molar-refractivity contribution is -0.122. The number of amides is 2. The van der Waals surface area contributed by atoms with E-state index in [4.69, 9.17) is 0 Å². The molecule has 1 aliphatic heterocycles. The van der Waals surface area contributed by atoms with Gasteiger partial charge in [0.1, 0.15) is 6.04 Å². The van der Waals surface area contributed by atoms with Crippen molar-refractivity contribution in [3.8, 4) is 0 Å². The van der Waals surface area contributed by atoms with Crippen LogP contribution < -0.4 is 10.6 Å². The summed E-state index contributed by atoms with van der Waals surface area (Å²) < 4.78 is 0. The van der Waals surface area contributed by atoms with Crippen LogP contribution in [0.15, 0.2) is 23.1 Å². The quantitative estimate of drug-likeness (QED) is 0.839. The number of hydrogen-bond donors (Lipinski definition) is 2. The Labute approximate surface area is 123 Å². The van der Waals surface area contributed by atoms with Gasteiger partial charge in [0.25, 0.3) is 5.91 Å². The van der Waals surface area contributed by atoms with E-state index in [2.05, 4.69) is 10.6 Å². The second kappa shape index (κ2) is 6.79. The smallest absolute Gasteiger partial charge is 0.252 e. The minimum atomic E-state index is -0.415. The third-order valence-corrected chi connectivity index (χ3v) is 4.26. The number of rotatable bonds is 3. The van der Waals surface area contributed by atoms with E-state index in [9.17, 15) is 9.59 Å². The van der Waals surface area contributed by atoms with Gasteiger partial charge in [-0.25, -0.2) is 0 Å². The zero-order valence-electron chi connectivity index (χ0n) is 11.9. The Morgan fingerprint density at radius 2 is 2.20 bits per heavy atom. The summed E-state index contributed by atoms with van der Waals surface area (Å²) in [5, 5.41) is 5.69. The van der Waals surface area contributed by atoms with Gasteiger partial charge in [-0.1, -0.05) is 6.07 Å². The first-order chi connectivity index (χ1) is 9.61. The summed E-state index contributed by atoms with van der Waals surface area (Å²) in [6.07, 6.45) is 4.61. The fourth-order valence-electron chi connectivity index (χ4n) is 2.29. The number of thioether (sulfide) groups is 1. The monoisotopic (exact) mass is 292 g/mol. The van der Waals surface area contributed by atoms with Gasteiger partial charge >= 0.3 is 0 Å². The molecule has 1 atom stereocenters. The maximum Gasteiger partial charge on any atom is 0.252 e. The molecule has 0 bridgehead atoms. The summed E-state index contributed by atoms with van der Waals surface area (Å²) in [6.45, 7) is 2.61. The molecule has 5 heteroatoms. The van der Waals surface area contributed by atoms with Crippen molar-refractivity contribution in [2.45, 2.75) is 37.1 Å². The van der Waals surface area contributed by atoms with Gasteiger partial charge in [0, 0.05) is 17.0 Å². The molecule has 20 heavy (non-hydrogen) atoms. The molecule has 0 radical (unpaired) electrons. The van der Waals surface area contributed by atoms with Crippen LogP contribution in [0.1, 0.15) is 35.2 Å². The Kier molecular flexibility index (Phi) is 5.06. The fourth-order valence-corrected chi connectivity index (χ4v) is 2.73. The average Bonchev–Trinajstić information content (AvgIpc) is 2.64. The summed E-state index contributed by atoms with van der Waals surface area (Å²) >= 11 is 1.60. The number of hydrogen-bond acceptors (Lipinski definition) is 3.